The quantitative estimate of drug-likeness (QED) is 0.851. The molecule has 0 amide bonds. The molecule has 2 rings (SSSR count). The van der Waals surface area contributed by atoms with Crippen LogP contribution in [0.25, 0.3) is 0 Å². The van der Waals surface area contributed by atoms with Gasteiger partial charge in [0.1, 0.15) is 11.9 Å². The molecule has 0 bridgehead atoms. The molecular formula is C13H13FN4O. The number of rotatable bonds is 5. The van der Waals surface area contributed by atoms with Crippen molar-refractivity contribution in [1.29, 1.82) is 5.26 Å². The molecule has 0 aliphatic rings. The molecule has 0 radical (unpaired) electrons. The van der Waals surface area contributed by atoms with E-state index in [2.05, 4.69) is 10.4 Å². The Morgan fingerprint density at radius 3 is 3.05 bits per heavy atom. The maximum Gasteiger partial charge on any atom is 0.124 e. The Morgan fingerprint density at radius 1 is 1.53 bits per heavy atom. The second-order valence-electron chi connectivity index (χ2n) is 4.06. The van der Waals surface area contributed by atoms with Crippen molar-refractivity contribution in [3.05, 3.63) is 48.0 Å². The fourth-order valence-corrected chi connectivity index (χ4v) is 1.68. The summed E-state index contributed by atoms with van der Waals surface area (Å²) in [6.45, 7) is 0.600. The number of anilines is 1. The van der Waals surface area contributed by atoms with Crippen molar-refractivity contribution >= 4 is 5.69 Å². The van der Waals surface area contributed by atoms with E-state index in [9.17, 15) is 9.50 Å². The molecule has 2 N–H and O–H groups in total. The molecule has 0 aliphatic heterocycles. The van der Waals surface area contributed by atoms with Crippen LogP contribution < -0.4 is 5.32 Å². The van der Waals surface area contributed by atoms with Gasteiger partial charge in [0.25, 0.3) is 0 Å². The molecular weight excluding hydrogens is 247 g/mol. The number of benzene rings is 1. The molecule has 0 saturated heterocycles. The molecule has 1 aromatic heterocycles. The van der Waals surface area contributed by atoms with E-state index in [-0.39, 0.29) is 12.1 Å². The van der Waals surface area contributed by atoms with Crippen molar-refractivity contribution in [2.45, 2.75) is 12.6 Å². The van der Waals surface area contributed by atoms with Crippen molar-refractivity contribution in [2.24, 2.45) is 0 Å². The summed E-state index contributed by atoms with van der Waals surface area (Å²) < 4.78 is 14.6. The van der Waals surface area contributed by atoms with Crippen molar-refractivity contribution in [3.63, 3.8) is 0 Å². The van der Waals surface area contributed by atoms with E-state index >= 15 is 0 Å². The third-order valence-corrected chi connectivity index (χ3v) is 2.59. The number of aliphatic hydroxyl groups excluding tert-OH is 1. The molecule has 0 saturated carbocycles. The van der Waals surface area contributed by atoms with Crippen LogP contribution in [0, 0.1) is 17.1 Å². The van der Waals surface area contributed by atoms with Crippen LogP contribution in [0.4, 0.5) is 10.1 Å². The van der Waals surface area contributed by atoms with Crippen molar-refractivity contribution in [1.82, 2.24) is 9.78 Å². The van der Waals surface area contributed by atoms with E-state index in [0.29, 0.717) is 12.2 Å². The SMILES string of the molecule is N#Cc1cc(F)ccc1NCC(O)Cn1cccn1. The molecule has 0 spiro atoms. The second-order valence-corrected chi connectivity index (χ2v) is 4.06. The Bertz CT molecular complexity index is 577. The number of aliphatic hydroxyl groups is 1. The minimum absolute atomic E-state index is 0.214. The predicted molar refractivity (Wildman–Crippen MR) is 67.8 cm³/mol. The van der Waals surface area contributed by atoms with Gasteiger partial charge in [0.05, 0.1) is 23.9 Å². The first kappa shape index (κ1) is 13.1. The minimum atomic E-state index is -0.656. The van der Waals surface area contributed by atoms with E-state index in [1.165, 1.54) is 12.1 Å². The summed E-state index contributed by atoms with van der Waals surface area (Å²) in [6, 6.07) is 7.58. The molecule has 1 heterocycles. The monoisotopic (exact) mass is 260 g/mol. The van der Waals surface area contributed by atoms with E-state index in [0.717, 1.165) is 6.07 Å². The van der Waals surface area contributed by atoms with Gasteiger partial charge < -0.3 is 10.4 Å². The molecule has 6 heteroatoms. The number of nitrogens with one attached hydrogen (secondary N) is 1. The molecule has 2 aromatic rings. The van der Waals surface area contributed by atoms with Gasteiger partial charge in [-0.1, -0.05) is 0 Å². The second kappa shape index (κ2) is 5.98. The number of nitrogens with zero attached hydrogens (tertiary/aromatic N) is 3. The van der Waals surface area contributed by atoms with Gasteiger partial charge in [0, 0.05) is 18.9 Å². The van der Waals surface area contributed by atoms with Crippen molar-refractivity contribution in [2.75, 3.05) is 11.9 Å². The van der Waals surface area contributed by atoms with E-state index in [4.69, 9.17) is 5.26 Å². The zero-order valence-electron chi connectivity index (χ0n) is 10.1. The number of hydrogen-bond acceptors (Lipinski definition) is 4. The van der Waals surface area contributed by atoms with Crippen LogP contribution in [-0.2, 0) is 6.54 Å². The predicted octanol–water partition coefficient (Wildman–Crippen LogP) is 1.37. The Hall–Kier alpha value is -2.39. The van der Waals surface area contributed by atoms with Gasteiger partial charge in [-0.3, -0.25) is 4.68 Å². The summed E-state index contributed by atoms with van der Waals surface area (Å²) in [5.41, 5.74) is 0.717. The highest BCUT2D eigenvalue weighted by Gasteiger charge is 2.08. The van der Waals surface area contributed by atoms with E-state index in [1.807, 2.05) is 6.07 Å². The summed E-state index contributed by atoms with van der Waals surface area (Å²) in [7, 11) is 0. The average molecular weight is 260 g/mol. The highest BCUT2D eigenvalue weighted by molar-refractivity contribution is 5.57. The van der Waals surface area contributed by atoms with E-state index in [1.54, 1.807) is 23.1 Å². The van der Waals surface area contributed by atoms with Crippen LogP contribution in [-0.4, -0.2) is 27.5 Å². The lowest BCUT2D eigenvalue weighted by molar-refractivity contribution is 0.161. The summed E-state index contributed by atoms with van der Waals surface area (Å²) >= 11 is 0. The molecule has 0 fully saturated rings. The fourth-order valence-electron chi connectivity index (χ4n) is 1.68. The van der Waals surface area contributed by atoms with Gasteiger partial charge in [-0.05, 0) is 24.3 Å². The normalized spacial score (nSPS) is 11.8. The molecule has 98 valence electrons. The van der Waals surface area contributed by atoms with Crippen LogP contribution in [0.5, 0.6) is 0 Å². The lowest BCUT2D eigenvalue weighted by Crippen LogP contribution is -2.25. The zero-order chi connectivity index (χ0) is 13.7. The summed E-state index contributed by atoms with van der Waals surface area (Å²) in [5, 5.41) is 25.6. The van der Waals surface area contributed by atoms with Crippen LogP contribution in [0.2, 0.25) is 0 Å². The Morgan fingerprint density at radius 2 is 2.37 bits per heavy atom. The number of nitriles is 1. The van der Waals surface area contributed by atoms with Gasteiger partial charge in [-0.25, -0.2) is 4.39 Å². The largest absolute Gasteiger partial charge is 0.389 e. The Balaban J connectivity index is 1.93. The topological polar surface area (TPSA) is 73.9 Å². The highest BCUT2D eigenvalue weighted by Crippen LogP contribution is 2.15. The lowest BCUT2D eigenvalue weighted by atomic mass is 10.2. The third kappa shape index (κ3) is 3.53. The van der Waals surface area contributed by atoms with Gasteiger partial charge in [0.15, 0.2) is 0 Å². The van der Waals surface area contributed by atoms with Crippen LogP contribution in [0.3, 0.4) is 0 Å². The van der Waals surface area contributed by atoms with Crippen LogP contribution in [0.1, 0.15) is 5.56 Å². The average Bonchev–Trinajstić information content (AvgIpc) is 2.90. The van der Waals surface area contributed by atoms with E-state index < -0.39 is 11.9 Å². The lowest BCUT2D eigenvalue weighted by Gasteiger charge is -2.13. The number of hydrogen-bond donors (Lipinski definition) is 2. The zero-order valence-corrected chi connectivity index (χ0v) is 10.1. The summed E-state index contributed by atoms with van der Waals surface area (Å²) in [6.07, 6.45) is 2.73. The van der Waals surface area contributed by atoms with Gasteiger partial charge in [0.2, 0.25) is 0 Å². The molecule has 1 aromatic carbocycles. The molecule has 1 unspecified atom stereocenters. The first-order chi connectivity index (χ1) is 9.19. The Labute approximate surface area is 109 Å². The minimum Gasteiger partial charge on any atom is -0.389 e. The first-order valence-corrected chi connectivity index (χ1v) is 5.78. The molecule has 1 atom stereocenters. The first-order valence-electron chi connectivity index (χ1n) is 5.78. The maximum absolute atomic E-state index is 12.9. The summed E-state index contributed by atoms with van der Waals surface area (Å²) in [4.78, 5) is 0. The van der Waals surface area contributed by atoms with Crippen LogP contribution >= 0.6 is 0 Å². The molecule has 5 nitrogen and oxygen atoms in total. The Kier molecular flexibility index (Phi) is 4.11. The fraction of sp³-hybridized carbons (Fsp3) is 0.231. The highest BCUT2D eigenvalue weighted by atomic mass is 19.1. The maximum atomic E-state index is 12.9. The molecule has 0 aliphatic carbocycles. The standard InChI is InChI=1S/C13H13FN4O/c14-11-2-3-13(10(6-11)7-15)16-8-12(19)9-18-5-1-4-17-18/h1-6,12,16,19H,8-9H2. The number of halogens is 1. The third-order valence-electron chi connectivity index (χ3n) is 2.59. The van der Waals surface area contributed by atoms with Crippen LogP contribution in [0.15, 0.2) is 36.7 Å². The molecule has 19 heavy (non-hydrogen) atoms. The summed E-state index contributed by atoms with van der Waals surface area (Å²) in [5.74, 6) is -0.459. The van der Waals surface area contributed by atoms with Gasteiger partial charge >= 0.3 is 0 Å². The van der Waals surface area contributed by atoms with Gasteiger partial charge in [-0.2, -0.15) is 10.4 Å². The number of aromatic nitrogens is 2. The van der Waals surface area contributed by atoms with Crippen molar-refractivity contribution < 1.29 is 9.50 Å². The van der Waals surface area contributed by atoms with Crippen molar-refractivity contribution in [3.8, 4) is 6.07 Å². The van der Waals surface area contributed by atoms with Gasteiger partial charge in [-0.15, -0.1) is 0 Å². The smallest absolute Gasteiger partial charge is 0.124 e.